The molecule has 5 rings (SSSR count). The monoisotopic (exact) mass is 479 g/mol. The van der Waals surface area contributed by atoms with Crippen molar-refractivity contribution in [1.82, 2.24) is 10.3 Å². The largest absolute Gasteiger partial charge is 0.454 e. The van der Waals surface area contributed by atoms with Crippen molar-refractivity contribution in [2.24, 2.45) is 0 Å². The number of carbonyl (C=O) groups excluding carboxylic acids is 2. The van der Waals surface area contributed by atoms with E-state index >= 15 is 0 Å². The van der Waals surface area contributed by atoms with Gasteiger partial charge in [0.25, 0.3) is 5.91 Å². The Morgan fingerprint density at radius 2 is 1.82 bits per heavy atom. The zero-order valence-electron chi connectivity index (χ0n) is 18.5. The lowest BCUT2D eigenvalue weighted by molar-refractivity contribution is -0.121. The molecule has 2 aromatic carbocycles. The number of aromatic nitrogens is 1. The summed E-state index contributed by atoms with van der Waals surface area (Å²) in [6.07, 6.45) is 1.75. The molecule has 9 heteroatoms. The molecule has 3 aromatic rings. The van der Waals surface area contributed by atoms with Crippen LogP contribution in [-0.4, -0.2) is 43.3 Å². The number of nitrogens with one attached hydrogen (secondary N) is 2. The Kier molecular flexibility index (Phi) is 6.46. The van der Waals surface area contributed by atoms with Crippen LogP contribution >= 0.6 is 11.3 Å². The van der Waals surface area contributed by atoms with E-state index in [1.807, 2.05) is 24.3 Å². The molecule has 1 aromatic heterocycles. The van der Waals surface area contributed by atoms with Crippen molar-refractivity contribution in [3.8, 4) is 11.5 Å². The summed E-state index contributed by atoms with van der Waals surface area (Å²) >= 11 is 1.30. The van der Waals surface area contributed by atoms with Crippen molar-refractivity contribution in [3.63, 3.8) is 0 Å². The van der Waals surface area contributed by atoms with Gasteiger partial charge in [-0.2, -0.15) is 0 Å². The van der Waals surface area contributed by atoms with Crippen molar-refractivity contribution in [3.05, 3.63) is 70.7 Å². The summed E-state index contributed by atoms with van der Waals surface area (Å²) in [5, 5.41) is 8.14. The number of thiazole rings is 1. The van der Waals surface area contributed by atoms with Crippen LogP contribution in [0.5, 0.6) is 11.5 Å². The third kappa shape index (κ3) is 4.90. The van der Waals surface area contributed by atoms with Crippen LogP contribution in [0.3, 0.4) is 0 Å². The fraction of sp³-hybridized carbons (Fsp3) is 0.320. The average Bonchev–Trinajstić information content (AvgIpc) is 3.52. The van der Waals surface area contributed by atoms with E-state index in [-0.39, 0.29) is 30.4 Å². The van der Waals surface area contributed by atoms with Gasteiger partial charge in [0.1, 0.15) is 0 Å². The maximum atomic E-state index is 12.8. The van der Waals surface area contributed by atoms with E-state index < -0.39 is 0 Å². The maximum Gasteiger partial charge on any atom is 0.257 e. The third-order valence-corrected chi connectivity index (χ3v) is 7.02. The second-order valence-electron chi connectivity index (χ2n) is 8.38. The molecule has 1 fully saturated rings. The number of hydrogen-bond donors (Lipinski definition) is 2. The van der Waals surface area contributed by atoms with Gasteiger partial charge < -0.3 is 19.5 Å². The highest BCUT2D eigenvalue weighted by Crippen LogP contribution is 2.40. The molecule has 8 nitrogen and oxygen atoms in total. The van der Waals surface area contributed by atoms with E-state index in [0.717, 1.165) is 29.9 Å². The van der Waals surface area contributed by atoms with Gasteiger partial charge in [0.2, 0.25) is 12.7 Å². The number of amides is 2. The van der Waals surface area contributed by atoms with Crippen LogP contribution in [0.25, 0.3) is 0 Å². The fourth-order valence-electron chi connectivity index (χ4n) is 4.26. The summed E-state index contributed by atoms with van der Waals surface area (Å²) in [5.41, 5.74) is 2.06. The van der Waals surface area contributed by atoms with Gasteiger partial charge in [0.05, 0.1) is 12.1 Å². The first-order valence-electron chi connectivity index (χ1n) is 11.2. The standard InChI is InChI=1S/C25H25N3O5S/c29-22(13-19-14-34-24(27-19)28-23(30)17-4-2-1-3-5-17)26-15-25(8-10-31-11-9-25)18-6-7-20-21(12-18)33-16-32-20/h1-7,12,14H,8-11,13,15-16H2,(H,26,29)(H,27,28,30). The van der Waals surface area contributed by atoms with E-state index in [1.165, 1.54) is 11.3 Å². The molecular weight excluding hydrogens is 454 g/mol. The van der Waals surface area contributed by atoms with E-state index in [1.54, 1.807) is 29.6 Å². The Balaban J connectivity index is 1.21. The molecule has 3 heterocycles. The first kappa shape index (κ1) is 22.4. The van der Waals surface area contributed by atoms with Gasteiger partial charge >= 0.3 is 0 Å². The van der Waals surface area contributed by atoms with Crippen molar-refractivity contribution >= 4 is 28.3 Å². The van der Waals surface area contributed by atoms with Crippen LogP contribution < -0.4 is 20.1 Å². The van der Waals surface area contributed by atoms with E-state index in [4.69, 9.17) is 14.2 Å². The summed E-state index contributed by atoms with van der Waals surface area (Å²) < 4.78 is 16.6. The minimum absolute atomic E-state index is 0.113. The lowest BCUT2D eigenvalue weighted by Crippen LogP contribution is -2.45. The highest BCUT2D eigenvalue weighted by Gasteiger charge is 2.36. The van der Waals surface area contributed by atoms with Gasteiger partial charge in [-0.15, -0.1) is 11.3 Å². The summed E-state index contributed by atoms with van der Waals surface area (Å²) in [7, 11) is 0. The van der Waals surface area contributed by atoms with Crippen molar-refractivity contribution in [2.45, 2.75) is 24.7 Å². The Hall–Kier alpha value is -3.43. The lowest BCUT2D eigenvalue weighted by atomic mass is 9.74. The molecule has 176 valence electrons. The molecule has 34 heavy (non-hydrogen) atoms. The van der Waals surface area contributed by atoms with E-state index in [2.05, 4.69) is 15.6 Å². The Labute approximate surface area is 201 Å². The summed E-state index contributed by atoms with van der Waals surface area (Å²) in [6, 6.07) is 14.9. The molecule has 0 atom stereocenters. The Bertz CT molecular complexity index is 1170. The number of nitrogens with zero attached hydrogens (tertiary/aromatic N) is 1. The number of anilines is 1. The molecule has 0 saturated carbocycles. The lowest BCUT2D eigenvalue weighted by Gasteiger charge is -2.38. The molecule has 2 N–H and O–H groups in total. The van der Waals surface area contributed by atoms with E-state index in [0.29, 0.717) is 36.1 Å². The highest BCUT2D eigenvalue weighted by atomic mass is 32.1. The van der Waals surface area contributed by atoms with Crippen LogP contribution in [0.4, 0.5) is 5.13 Å². The summed E-state index contributed by atoms with van der Waals surface area (Å²) in [6.45, 7) is 2.01. The van der Waals surface area contributed by atoms with Gasteiger partial charge in [-0.05, 0) is 42.7 Å². The van der Waals surface area contributed by atoms with Gasteiger partial charge in [0, 0.05) is 36.1 Å². The minimum Gasteiger partial charge on any atom is -0.454 e. The molecule has 1 saturated heterocycles. The molecule has 0 aliphatic carbocycles. The second-order valence-corrected chi connectivity index (χ2v) is 9.24. The van der Waals surface area contributed by atoms with Crippen molar-refractivity contribution < 1.29 is 23.8 Å². The zero-order chi connectivity index (χ0) is 23.4. The molecular formula is C25H25N3O5S. The number of benzene rings is 2. The normalized spacial score (nSPS) is 16.1. The highest BCUT2D eigenvalue weighted by molar-refractivity contribution is 7.14. The summed E-state index contributed by atoms with van der Waals surface area (Å²) in [4.78, 5) is 29.5. The topological polar surface area (TPSA) is 98.8 Å². The summed E-state index contributed by atoms with van der Waals surface area (Å²) in [5.74, 6) is 1.14. The van der Waals surface area contributed by atoms with Gasteiger partial charge in [0.15, 0.2) is 16.6 Å². The van der Waals surface area contributed by atoms with E-state index in [9.17, 15) is 9.59 Å². The van der Waals surface area contributed by atoms with Gasteiger partial charge in [-0.3, -0.25) is 14.9 Å². The van der Waals surface area contributed by atoms with Crippen LogP contribution in [-0.2, 0) is 21.4 Å². The maximum absolute atomic E-state index is 12.8. The van der Waals surface area contributed by atoms with Gasteiger partial charge in [-0.25, -0.2) is 4.98 Å². The fourth-order valence-corrected chi connectivity index (χ4v) is 4.96. The average molecular weight is 480 g/mol. The number of ether oxygens (including phenoxy) is 3. The predicted octanol–water partition coefficient (Wildman–Crippen LogP) is 3.53. The first-order chi connectivity index (χ1) is 16.6. The van der Waals surface area contributed by atoms with Crippen LogP contribution in [0, 0.1) is 0 Å². The number of fused-ring (bicyclic) bond motifs is 1. The quantitative estimate of drug-likeness (QED) is 0.538. The van der Waals surface area contributed by atoms with Crippen LogP contribution in [0.1, 0.15) is 34.5 Å². The number of rotatable bonds is 7. The van der Waals surface area contributed by atoms with Crippen molar-refractivity contribution in [1.29, 1.82) is 0 Å². The number of carbonyl (C=O) groups is 2. The Morgan fingerprint density at radius 1 is 1.03 bits per heavy atom. The molecule has 0 unspecified atom stereocenters. The molecule has 0 bridgehead atoms. The van der Waals surface area contributed by atoms with Crippen LogP contribution in [0.15, 0.2) is 53.9 Å². The smallest absolute Gasteiger partial charge is 0.257 e. The number of hydrogen-bond acceptors (Lipinski definition) is 7. The zero-order valence-corrected chi connectivity index (χ0v) is 19.4. The minimum atomic E-state index is -0.230. The van der Waals surface area contributed by atoms with Gasteiger partial charge in [-0.1, -0.05) is 24.3 Å². The SMILES string of the molecule is O=C(Cc1csc(NC(=O)c2ccccc2)n1)NCC1(c2ccc3c(c2)OCO3)CCOCC1. The Morgan fingerprint density at radius 3 is 2.65 bits per heavy atom. The third-order valence-electron chi connectivity index (χ3n) is 6.21. The second kappa shape index (κ2) is 9.82. The molecule has 0 spiro atoms. The van der Waals surface area contributed by atoms with Crippen molar-refractivity contribution in [2.75, 3.05) is 31.9 Å². The molecule has 2 aliphatic heterocycles. The molecule has 2 aliphatic rings. The van der Waals surface area contributed by atoms with Crippen LogP contribution in [0.2, 0.25) is 0 Å². The predicted molar refractivity (Wildman–Crippen MR) is 128 cm³/mol. The molecule has 2 amide bonds. The first-order valence-corrected chi connectivity index (χ1v) is 12.0. The molecule has 0 radical (unpaired) electrons.